The van der Waals surface area contributed by atoms with E-state index in [1.54, 1.807) is 12.1 Å². The van der Waals surface area contributed by atoms with E-state index in [0.717, 1.165) is 37.7 Å². The summed E-state index contributed by atoms with van der Waals surface area (Å²) in [5.41, 5.74) is 1.00. The average Bonchev–Trinajstić information content (AvgIpc) is 2.77. The second-order valence-electron chi connectivity index (χ2n) is 7.52. The molecule has 1 N–H and O–H groups in total. The quantitative estimate of drug-likeness (QED) is 0.340. The van der Waals surface area contributed by atoms with Crippen molar-refractivity contribution in [3.63, 3.8) is 0 Å². The maximum atomic E-state index is 12.2. The molecule has 0 aliphatic rings. The van der Waals surface area contributed by atoms with Gasteiger partial charge in [-0.1, -0.05) is 61.7 Å². The second-order valence-corrected chi connectivity index (χ2v) is 7.52. The molecule has 31 heavy (non-hydrogen) atoms. The van der Waals surface area contributed by atoms with Gasteiger partial charge in [-0.3, -0.25) is 4.79 Å². The van der Waals surface area contributed by atoms with Gasteiger partial charge < -0.3 is 14.6 Å². The Hall–Kier alpha value is -3.15. The molecule has 1 unspecified atom stereocenters. The molecule has 0 amide bonds. The number of benzene rings is 2. The van der Waals surface area contributed by atoms with Gasteiger partial charge in [0.2, 0.25) is 0 Å². The van der Waals surface area contributed by atoms with Crippen molar-refractivity contribution in [3.8, 4) is 0 Å². The molecule has 6 heteroatoms. The molecule has 2 aromatic carbocycles. The third-order valence-electron chi connectivity index (χ3n) is 4.92. The van der Waals surface area contributed by atoms with E-state index in [0.29, 0.717) is 19.4 Å². The zero-order chi connectivity index (χ0) is 22.5. The minimum atomic E-state index is -1.15. The first-order chi connectivity index (χ1) is 15.0. The van der Waals surface area contributed by atoms with Crippen LogP contribution in [0.1, 0.15) is 78.1 Å². The molecule has 0 aliphatic carbocycles. The van der Waals surface area contributed by atoms with Crippen LogP contribution in [0.5, 0.6) is 0 Å². The van der Waals surface area contributed by atoms with Crippen molar-refractivity contribution in [2.24, 2.45) is 0 Å². The Labute approximate surface area is 183 Å². The summed E-state index contributed by atoms with van der Waals surface area (Å²) in [5, 5.41) is 9.17. The van der Waals surface area contributed by atoms with E-state index in [4.69, 9.17) is 9.47 Å². The highest BCUT2D eigenvalue weighted by Crippen LogP contribution is 2.15. The number of ether oxygens (including phenoxy) is 2. The molecule has 0 radical (unpaired) electrons. The molecule has 0 spiro atoms. The Morgan fingerprint density at radius 1 is 0.839 bits per heavy atom. The van der Waals surface area contributed by atoms with Crippen LogP contribution >= 0.6 is 0 Å². The zero-order valence-corrected chi connectivity index (χ0v) is 17.9. The number of hydrogen-bond donors (Lipinski definition) is 1. The van der Waals surface area contributed by atoms with Crippen LogP contribution < -0.4 is 0 Å². The highest BCUT2D eigenvalue weighted by Gasteiger charge is 2.18. The normalized spacial score (nSPS) is 11.5. The molecule has 0 heterocycles. The number of carboxylic acids is 1. The van der Waals surface area contributed by atoms with Crippen LogP contribution in [0.25, 0.3) is 0 Å². The molecule has 0 aliphatic heterocycles. The number of unbranched alkanes of at least 4 members (excludes halogenated alkanes) is 4. The summed E-state index contributed by atoms with van der Waals surface area (Å²) in [6.45, 7) is 2.12. The van der Waals surface area contributed by atoms with Crippen LogP contribution in [0.4, 0.5) is 0 Å². The second kappa shape index (κ2) is 13.2. The molecule has 1 atom stereocenters. The van der Waals surface area contributed by atoms with Gasteiger partial charge in [0.15, 0.2) is 0 Å². The number of rotatable bonds is 13. The first-order valence-electron chi connectivity index (χ1n) is 10.7. The third-order valence-corrected chi connectivity index (χ3v) is 4.92. The lowest BCUT2D eigenvalue weighted by Crippen LogP contribution is -2.17. The monoisotopic (exact) mass is 426 g/mol. The Bertz CT molecular complexity index is 846. The fourth-order valence-electron chi connectivity index (χ4n) is 3.19. The number of aromatic carboxylic acids is 1. The summed E-state index contributed by atoms with van der Waals surface area (Å²) in [4.78, 5) is 35.2. The lowest BCUT2D eigenvalue weighted by molar-refractivity contribution is -0.145. The topological polar surface area (TPSA) is 89.9 Å². The van der Waals surface area contributed by atoms with Crippen molar-refractivity contribution in [2.75, 3.05) is 0 Å². The maximum Gasteiger partial charge on any atom is 0.339 e. The molecular formula is C25H30O6. The molecule has 0 saturated heterocycles. The minimum absolute atomic E-state index is 0.0537. The van der Waals surface area contributed by atoms with Gasteiger partial charge in [0.05, 0.1) is 17.2 Å². The summed E-state index contributed by atoms with van der Waals surface area (Å²) in [7, 11) is 0. The molecular weight excluding hydrogens is 396 g/mol. The summed E-state index contributed by atoms with van der Waals surface area (Å²) in [6, 6.07) is 15.7. The number of carbonyl (C=O) groups is 3. The highest BCUT2D eigenvalue weighted by atomic mass is 16.5. The number of hydrogen-bond acceptors (Lipinski definition) is 5. The van der Waals surface area contributed by atoms with Crippen molar-refractivity contribution < 1.29 is 29.0 Å². The van der Waals surface area contributed by atoms with E-state index in [9.17, 15) is 19.5 Å². The van der Waals surface area contributed by atoms with E-state index < -0.39 is 11.9 Å². The average molecular weight is 427 g/mol. The lowest BCUT2D eigenvalue weighted by Gasteiger charge is -2.14. The molecule has 0 aromatic heterocycles. The van der Waals surface area contributed by atoms with Gasteiger partial charge >= 0.3 is 17.9 Å². The van der Waals surface area contributed by atoms with Crippen molar-refractivity contribution in [1.82, 2.24) is 0 Å². The van der Waals surface area contributed by atoms with Crippen LogP contribution in [-0.2, 0) is 20.9 Å². The smallest absolute Gasteiger partial charge is 0.339 e. The summed E-state index contributed by atoms with van der Waals surface area (Å²) < 4.78 is 10.6. The molecule has 2 aromatic rings. The Balaban J connectivity index is 1.54. The van der Waals surface area contributed by atoms with Gasteiger partial charge in [0.1, 0.15) is 6.61 Å². The molecule has 0 fully saturated rings. The first-order valence-corrected chi connectivity index (χ1v) is 10.7. The van der Waals surface area contributed by atoms with Crippen molar-refractivity contribution >= 4 is 17.9 Å². The minimum Gasteiger partial charge on any atom is -0.478 e. The van der Waals surface area contributed by atoms with E-state index in [-0.39, 0.29) is 23.2 Å². The van der Waals surface area contributed by atoms with Gasteiger partial charge in [0.25, 0.3) is 0 Å². The van der Waals surface area contributed by atoms with E-state index in [1.165, 1.54) is 12.1 Å². The zero-order valence-electron chi connectivity index (χ0n) is 17.9. The van der Waals surface area contributed by atoms with E-state index in [1.807, 2.05) is 37.3 Å². The van der Waals surface area contributed by atoms with Gasteiger partial charge in [-0.25, -0.2) is 9.59 Å². The van der Waals surface area contributed by atoms with E-state index in [2.05, 4.69) is 0 Å². The molecule has 2 rings (SSSR count). The van der Waals surface area contributed by atoms with Gasteiger partial charge in [-0.2, -0.15) is 0 Å². The molecule has 0 saturated carbocycles. The number of esters is 2. The Kier molecular flexibility index (Phi) is 10.3. The predicted molar refractivity (Wildman–Crippen MR) is 117 cm³/mol. The van der Waals surface area contributed by atoms with E-state index >= 15 is 0 Å². The fraction of sp³-hybridized carbons (Fsp3) is 0.400. The lowest BCUT2D eigenvalue weighted by atomic mass is 10.1. The number of carboxylic acid groups (broad SMARTS) is 1. The summed E-state index contributed by atoms with van der Waals surface area (Å²) in [5.74, 6) is -1.94. The van der Waals surface area contributed by atoms with Crippen LogP contribution in [-0.4, -0.2) is 29.1 Å². The molecule has 0 bridgehead atoms. The Morgan fingerprint density at radius 2 is 1.45 bits per heavy atom. The van der Waals surface area contributed by atoms with Crippen LogP contribution in [0, 0.1) is 0 Å². The molecule has 6 nitrogen and oxygen atoms in total. The third kappa shape index (κ3) is 9.03. The van der Waals surface area contributed by atoms with Crippen LogP contribution in [0.3, 0.4) is 0 Å². The van der Waals surface area contributed by atoms with Crippen LogP contribution in [0.2, 0.25) is 0 Å². The van der Waals surface area contributed by atoms with Crippen molar-refractivity contribution in [3.05, 3.63) is 71.3 Å². The fourth-order valence-corrected chi connectivity index (χ4v) is 3.19. The SMILES string of the molecule is CC(CCCCCCCC(=O)OCc1ccccc1)OC(=O)c1ccccc1C(=O)O. The summed E-state index contributed by atoms with van der Waals surface area (Å²) in [6.07, 6.45) is 5.45. The standard InChI is InChI=1S/C25H30O6/c1-19(31-25(29)22-16-11-10-15-21(22)24(27)28)12-6-3-2-4-9-17-23(26)30-18-20-13-7-5-8-14-20/h5,7-8,10-11,13-16,19H,2-4,6,9,12,17-18H2,1H3,(H,27,28). The van der Waals surface area contributed by atoms with Crippen molar-refractivity contribution in [2.45, 2.75) is 64.6 Å². The van der Waals surface area contributed by atoms with Crippen molar-refractivity contribution in [1.29, 1.82) is 0 Å². The van der Waals surface area contributed by atoms with Gasteiger partial charge in [0, 0.05) is 6.42 Å². The predicted octanol–water partition coefficient (Wildman–Crippen LogP) is 5.40. The number of carbonyl (C=O) groups excluding carboxylic acids is 2. The Morgan fingerprint density at radius 3 is 2.16 bits per heavy atom. The van der Waals surface area contributed by atoms with Gasteiger partial charge in [-0.15, -0.1) is 0 Å². The summed E-state index contributed by atoms with van der Waals surface area (Å²) >= 11 is 0. The molecule has 166 valence electrons. The maximum absolute atomic E-state index is 12.2. The first kappa shape index (κ1) is 24.1. The van der Waals surface area contributed by atoms with Gasteiger partial charge in [-0.05, 0) is 43.9 Å². The highest BCUT2D eigenvalue weighted by molar-refractivity contribution is 6.02. The van der Waals surface area contributed by atoms with Crippen LogP contribution in [0.15, 0.2) is 54.6 Å². The largest absolute Gasteiger partial charge is 0.478 e.